The summed E-state index contributed by atoms with van der Waals surface area (Å²) in [4.78, 5) is 21.4. The van der Waals surface area contributed by atoms with Gasteiger partial charge in [-0.15, -0.1) is 0 Å². The zero-order valence-corrected chi connectivity index (χ0v) is 18.2. The molecular formula is C25H22FN5O2. The maximum atomic E-state index is 13.7. The van der Waals surface area contributed by atoms with E-state index in [0.717, 1.165) is 28.7 Å². The molecule has 166 valence electrons. The van der Waals surface area contributed by atoms with Crippen LogP contribution in [0.15, 0.2) is 66.2 Å². The molecule has 0 aliphatic carbocycles. The third kappa shape index (κ3) is 4.59. The zero-order chi connectivity index (χ0) is 23.5. The van der Waals surface area contributed by atoms with E-state index in [1.165, 1.54) is 23.0 Å². The molecule has 0 saturated carbocycles. The molecule has 0 saturated heterocycles. The number of rotatable bonds is 6. The molecule has 0 bridgehead atoms. The maximum Gasteiger partial charge on any atom is 0.254 e. The summed E-state index contributed by atoms with van der Waals surface area (Å²) in [5.41, 5.74) is 4.49. The SMILES string of the molecule is Cc1cn(-c2ccc(Cc3cc(C#N)cn([C@@H](CO)c4cncc(F)c4)c3=O)cc2C)cn1. The van der Waals surface area contributed by atoms with E-state index >= 15 is 0 Å². The number of hydrogen-bond acceptors (Lipinski definition) is 5. The summed E-state index contributed by atoms with van der Waals surface area (Å²) in [6, 6.07) is 9.87. The minimum atomic E-state index is -0.860. The lowest BCUT2D eigenvalue weighted by Crippen LogP contribution is -2.30. The normalized spacial score (nSPS) is 11.8. The fourth-order valence-electron chi connectivity index (χ4n) is 3.93. The third-order valence-corrected chi connectivity index (χ3v) is 5.51. The molecule has 3 aromatic heterocycles. The van der Waals surface area contributed by atoms with Crippen molar-refractivity contribution in [3.63, 3.8) is 0 Å². The Bertz CT molecular complexity index is 1420. The molecule has 0 unspecified atom stereocenters. The van der Waals surface area contributed by atoms with Gasteiger partial charge in [0.15, 0.2) is 0 Å². The van der Waals surface area contributed by atoms with E-state index in [2.05, 4.69) is 16.0 Å². The molecule has 0 amide bonds. The van der Waals surface area contributed by atoms with Crippen LogP contribution in [0, 0.1) is 31.0 Å². The molecule has 4 rings (SSSR count). The maximum absolute atomic E-state index is 13.7. The van der Waals surface area contributed by atoms with Crippen molar-refractivity contribution in [2.45, 2.75) is 26.3 Å². The van der Waals surface area contributed by atoms with E-state index in [-0.39, 0.29) is 11.1 Å². The first-order chi connectivity index (χ1) is 15.9. The van der Waals surface area contributed by atoms with Crippen LogP contribution < -0.4 is 5.56 Å². The number of imidazole rings is 1. The van der Waals surface area contributed by atoms with Gasteiger partial charge in [-0.05, 0) is 48.7 Å². The van der Waals surface area contributed by atoms with E-state index in [9.17, 15) is 19.6 Å². The number of pyridine rings is 2. The van der Waals surface area contributed by atoms with Gasteiger partial charge in [0.1, 0.15) is 11.9 Å². The van der Waals surface area contributed by atoms with Crippen LogP contribution >= 0.6 is 0 Å². The van der Waals surface area contributed by atoms with Gasteiger partial charge in [-0.2, -0.15) is 5.26 Å². The van der Waals surface area contributed by atoms with Crippen molar-refractivity contribution in [2.24, 2.45) is 0 Å². The molecule has 1 N–H and O–H groups in total. The van der Waals surface area contributed by atoms with E-state index in [4.69, 9.17) is 0 Å². The first kappa shape index (κ1) is 22.1. The molecule has 3 heterocycles. The van der Waals surface area contributed by atoms with Gasteiger partial charge in [0.2, 0.25) is 0 Å². The number of aryl methyl sites for hydroxylation is 2. The Morgan fingerprint density at radius 3 is 2.64 bits per heavy atom. The van der Waals surface area contributed by atoms with Crippen LogP contribution in [0.2, 0.25) is 0 Å². The first-order valence-electron chi connectivity index (χ1n) is 10.4. The van der Waals surface area contributed by atoms with Crippen molar-refractivity contribution < 1.29 is 9.50 Å². The Hall–Kier alpha value is -4.09. The number of benzene rings is 1. The van der Waals surface area contributed by atoms with Crippen LogP contribution in [-0.2, 0) is 6.42 Å². The zero-order valence-electron chi connectivity index (χ0n) is 18.2. The van der Waals surface area contributed by atoms with Gasteiger partial charge in [0.25, 0.3) is 5.56 Å². The largest absolute Gasteiger partial charge is 0.394 e. The highest BCUT2D eigenvalue weighted by Gasteiger charge is 2.18. The summed E-state index contributed by atoms with van der Waals surface area (Å²) < 4.78 is 16.9. The number of hydrogen-bond donors (Lipinski definition) is 1. The van der Waals surface area contributed by atoms with Gasteiger partial charge < -0.3 is 14.2 Å². The van der Waals surface area contributed by atoms with Gasteiger partial charge in [-0.3, -0.25) is 9.78 Å². The molecule has 4 aromatic rings. The molecule has 0 fully saturated rings. The Morgan fingerprint density at radius 1 is 1.18 bits per heavy atom. The predicted octanol–water partition coefficient (Wildman–Crippen LogP) is 3.23. The molecule has 0 radical (unpaired) electrons. The van der Waals surface area contributed by atoms with Crippen molar-refractivity contribution in [1.29, 1.82) is 5.26 Å². The molecule has 0 aliphatic heterocycles. The van der Waals surface area contributed by atoms with E-state index < -0.39 is 18.5 Å². The molecule has 0 aliphatic rings. The summed E-state index contributed by atoms with van der Waals surface area (Å²) in [7, 11) is 0. The number of nitriles is 1. The Kier molecular flexibility index (Phi) is 6.16. The molecule has 8 heteroatoms. The third-order valence-electron chi connectivity index (χ3n) is 5.51. The minimum Gasteiger partial charge on any atom is -0.394 e. The average molecular weight is 443 g/mol. The molecule has 0 spiro atoms. The molecule has 1 aromatic carbocycles. The topological polar surface area (TPSA) is 96.7 Å². The van der Waals surface area contributed by atoms with Crippen LogP contribution in [0.25, 0.3) is 5.69 Å². The summed E-state index contributed by atoms with van der Waals surface area (Å²) in [5.74, 6) is -0.570. The fraction of sp³-hybridized carbons (Fsp3) is 0.200. The Balaban J connectivity index is 1.72. The van der Waals surface area contributed by atoms with Gasteiger partial charge in [-0.25, -0.2) is 9.37 Å². The fourth-order valence-corrected chi connectivity index (χ4v) is 3.93. The molecule has 1 atom stereocenters. The highest BCUT2D eigenvalue weighted by molar-refractivity contribution is 5.44. The van der Waals surface area contributed by atoms with Crippen LogP contribution in [-0.4, -0.2) is 30.8 Å². The number of halogens is 1. The minimum absolute atomic E-state index is 0.273. The van der Waals surface area contributed by atoms with Gasteiger partial charge in [-0.1, -0.05) is 12.1 Å². The Morgan fingerprint density at radius 2 is 2.00 bits per heavy atom. The lowest BCUT2D eigenvalue weighted by molar-refractivity contribution is 0.246. The van der Waals surface area contributed by atoms with Crippen LogP contribution in [0.5, 0.6) is 0 Å². The van der Waals surface area contributed by atoms with E-state index in [0.29, 0.717) is 17.5 Å². The smallest absolute Gasteiger partial charge is 0.254 e. The second-order valence-electron chi connectivity index (χ2n) is 7.93. The van der Waals surface area contributed by atoms with E-state index in [1.54, 1.807) is 12.4 Å². The molecule has 7 nitrogen and oxygen atoms in total. The second kappa shape index (κ2) is 9.18. The molecule has 33 heavy (non-hydrogen) atoms. The van der Waals surface area contributed by atoms with Crippen molar-refractivity contribution in [2.75, 3.05) is 6.61 Å². The number of aromatic nitrogens is 4. The number of nitrogens with zero attached hydrogens (tertiary/aromatic N) is 5. The van der Waals surface area contributed by atoms with Crippen molar-refractivity contribution >= 4 is 0 Å². The predicted molar refractivity (Wildman–Crippen MR) is 121 cm³/mol. The summed E-state index contributed by atoms with van der Waals surface area (Å²) >= 11 is 0. The lowest BCUT2D eigenvalue weighted by Gasteiger charge is -2.19. The monoisotopic (exact) mass is 443 g/mol. The number of aliphatic hydroxyl groups excluding tert-OH is 1. The average Bonchev–Trinajstić information content (AvgIpc) is 3.22. The van der Waals surface area contributed by atoms with Crippen LogP contribution in [0.4, 0.5) is 4.39 Å². The van der Waals surface area contributed by atoms with Gasteiger partial charge >= 0.3 is 0 Å². The lowest BCUT2D eigenvalue weighted by atomic mass is 10.0. The van der Waals surface area contributed by atoms with Crippen LogP contribution in [0.3, 0.4) is 0 Å². The first-order valence-corrected chi connectivity index (χ1v) is 10.4. The standard InChI is InChI=1S/C25H22FN5O2/c1-16-5-18(3-4-23(16)30-12-17(2)29-15-30)6-20-7-19(9-27)13-31(25(20)33)24(14-32)21-8-22(26)11-28-10-21/h3-5,7-8,10-13,15,24,32H,6,14H2,1-2H3/t24-/m0/s1. The highest BCUT2D eigenvalue weighted by atomic mass is 19.1. The highest BCUT2D eigenvalue weighted by Crippen LogP contribution is 2.20. The summed E-state index contributed by atoms with van der Waals surface area (Å²) in [5, 5.41) is 19.5. The number of aliphatic hydroxyl groups is 1. The van der Waals surface area contributed by atoms with Gasteiger partial charge in [0.05, 0.1) is 36.4 Å². The summed E-state index contributed by atoms with van der Waals surface area (Å²) in [6.45, 7) is 3.46. The summed E-state index contributed by atoms with van der Waals surface area (Å²) in [6.07, 6.45) is 7.82. The van der Waals surface area contributed by atoms with E-state index in [1.807, 2.05) is 42.8 Å². The van der Waals surface area contributed by atoms with Gasteiger partial charge in [0, 0.05) is 36.3 Å². The quantitative estimate of drug-likeness (QED) is 0.494. The van der Waals surface area contributed by atoms with Crippen LogP contribution in [0.1, 0.15) is 39.6 Å². The van der Waals surface area contributed by atoms with Crippen molar-refractivity contribution in [1.82, 2.24) is 19.1 Å². The Labute approximate surface area is 190 Å². The molecular weight excluding hydrogens is 421 g/mol. The van der Waals surface area contributed by atoms with Crippen molar-refractivity contribution in [3.8, 4) is 11.8 Å². The second-order valence-corrected chi connectivity index (χ2v) is 7.93. The van der Waals surface area contributed by atoms with Crippen molar-refractivity contribution in [3.05, 3.63) is 111 Å².